The van der Waals surface area contributed by atoms with Gasteiger partial charge in [-0.25, -0.2) is 19.7 Å². The fraction of sp³-hybridized carbons (Fsp3) is 0.419. The Morgan fingerprint density at radius 3 is 2.49 bits per heavy atom. The molecular formula is C31H34N8O4. The summed E-state index contributed by atoms with van der Waals surface area (Å²) in [5.74, 6) is 0.836. The smallest absolute Gasteiger partial charge is 0.414 e. The normalized spacial score (nSPS) is 17.8. The van der Waals surface area contributed by atoms with Crippen molar-refractivity contribution in [1.29, 1.82) is 10.5 Å². The van der Waals surface area contributed by atoms with Gasteiger partial charge in [-0.05, 0) is 49.6 Å². The van der Waals surface area contributed by atoms with Gasteiger partial charge in [0, 0.05) is 31.6 Å². The molecule has 43 heavy (non-hydrogen) atoms. The Balaban J connectivity index is 1.52. The molecule has 1 amide bonds. The Labute approximate surface area is 250 Å². The molecule has 2 aliphatic heterocycles. The minimum atomic E-state index is -0.411. The number of morpholine rings is 1. The number of amides is 1. The van der Waals surface area contributed by atoms with E-state index in [-0.39, 0.29) is 18.7 Å². The number of nitriles is 2. The molecule has 3 aromatic rings. The lowest BCUT2D eigenvalue weighted by molar-refractivity contribution is 0.122. The Morgan fingerprint density at radius 1 is 1.09 bits per heavy atom. The molecule has 0 saturated carbocycles. The van der Waals surface area contributed by atoms with Gasteiger partial charge in [0.25, 0.3) is 0 Å². The van der Waals surface area contributed by atoms with Crippen LogP contribution in [0.25, 0.3) is 0 Å². The SMILES string of the molecule is CCOC(=O)N1c2ccc(OC)nc2[C@@H](Nc2ncc(N3CCOCC3)c(Cc3cc(C#N)cc(C#N)c3)n2)C[C@H]1CC. The highest BCUT2D eigenvalue weighted by Gasteiger charge is 2.38. The van der Waals surface area contributed by atoms with Gasteiger partial charge in [0.2, 0.25) is 11.8 Å². The van der Waals surface area contributed by atoms with Crippen LogP contribution in [0.5, 0.6) is 5.88 Å². The van der Waals surface area contributed by atoms with Crippen molar-refractivity contribution < 1.29 is 19.0 Å². The Kier molecular flexibility index (Phi) is 9.18. The lowest BCUT2D eigenvalue weighted by Gasteiger charge is -2.39. The zero-order valence-electron chi connectivity index (χ0n) is 24.5. The van der Waals surface area contributed by atoms with Crippen molar-refractivity contribution in [3.05, 3.63) is 64.6 Å². The number of ether oxygens (including phenoxy) is 3. The maximum absolute atomic E-state index is 13.0. The summed E-state index contributed by atoms with van der Waals surface area (Å²) in [6.07, 6.45) is 3.06. The van der Waals surface area contributed by atoms with Crippen LogP contribution in [0.1, 0.15) is 60.8 Å². The molecule has 1 aromatic carbocycles. The molecule has 2 aromatic heterocycles. The van der Waals surface area contributed by atoms with Crippen LogP contribution in [-0.2, 0) is 15.9 Å². The third kappa shape index (κ3) is 6.45. The van der Waals surface area contributed by atoms with Crippen LogP contribution in [0.15, 0.2) is 36.5 Å². The van der Waals surface area contributed by atoms with Gasteiger partial charge in [-0.15, -0.1) is 0 Å². The third-order valence-corrected chi connectivity index (χ3v) is 7.61. The quantitative estimate of drug-likeness (QED) is 0.404. The average molecular weight is 583 g/mol. The van der Waals surface area contributed by atoms with E-state index in [9.17, 15) is 15.3 Å². The lowest BCUT2D eigenvalue weighted by atomic mass is 9.93. The molecule has 12 nitrogen and oxygen atoms in total. The first-order chi connectivity index (χ1) is 21.0. The van der Waals surface area contributed by atoms with E-state index in [0.29, 0.717) is 79.9 Å². The van der Waals surface area contributed by atoms with E-state index in [1.165, 1.54) is 0 Å². The van der Waals surface area contributed by atoms with Gasteiger partial charge < -0.3 is 24.4 Å². The zero-order chi connectivity index (χ0) is 30.3. The number of pyridine rings is 1. The van der Waals surface area contributed by atoms with Gasteiger partial charge in [-0.1, -0.05) is 6.92 Å². The Hall–Kier alpha value is -4.94. The van der Waals surface area contributed by atoms with E-state index < -0.39 is 6.09 Å². The molecule has 2 aliphatic rings. The van der Waals surface area contributed by atoms with Crippen LogP contribution >= 0.6 is 0 Å². The summed E-state index contributed by atoms with van der Waals surface area (Å²) in [6.45, 7) is 6.69. The molecule has 0 aliphatic carbocycles. The molecule has 0 bridgehead atoms. The van der Waals surface area contributed by atoms with E-state index in [4.69, 9.17) is 29.2 Å². The van der Waals surface area contributed by atoms with Crippen molar-refractivity contribution in [3.8, 4) is 18.0 Å². The maximum Gasteiger partial charge on any atom is 0.414 e. The molecule has 12 heteroatoms. The van der Waals surface area contributed by atoms with Crippen LogP contribution in [0, 0.1) is 22.7 Å². The highest BCUT2D eigenvalue weighted by molar-refractivity contribution is 5.90. The van der Waals surface area contributed by atoms with Crippen molar-refractivity contribution >= 4 is 23.4 Å². The second-order valence-corrected chi connectivity index (χ2v) is 10.3. The number of carbonyl (C=O) groups excluding carboxylic acids is 1. The van der Waals surface area contributed by atoms with Crippen LogP contribution in [-0.4, -0.2) is 67.1 Å². The van der Waals surface area contributed by atoms with Crippen molar-refractivity contribution in [2.45, 2.75) is 45.2 Å². The lowest BCUT2D eigenvalue weighted by Crippen LogP contribution is -2.46. The van der Waals surface area contributed by atoms with Gasteiger partial charge >= 0.3 is 6.09 Å². The number of aromatic nitrogens is 3. The summed E-state index contributed by atoms with van der Waals surface area (Å²) < 4.78 is 16.4. The number of benzene rings is 1. The summed E-state index contributed by atoms with van der Waals surface area (Å²) in [4.78, 5) is 31.2. The number of nitrogens with one attached hydrogen (secondary N) is 1. The fourth-order valence-electron chi connectivity index (χ4n) is 5.58. The van der Waals surface area contributed by atoms with Crippen LogP contribution in [0.3, 0.4) is 0 Å². The van der Waals surface area contributed by atoms with Crippen molar-refractivity contribution in [1.82, 2.24) is 15.0 Å². The molecule has 0 unspecified atom stereocenters. The molecule has 222 valence electrons. The number of hydrogen-bond donors (Lipinski definition) is 1. The number of methoxy groups -OCH3 is 1. The summed E-state index contributed by atoms with van der Waals surface area (Å²) in [7, 11) is 1.55. The second kappa shape index (κ2) is 13.4. The first-order valence-corrected chi connectivity index (χ1v) is 14.4. The first-order valence-electron chi connectivity index (χ1n) is 14.4. The monoisotopic (exact) mass is 582 g/mol. The molecule has 0 radical (unpaired) electrons. The minimum Gasteiger partial charge on any atom is -0.481 e. The second-order valence-electron chi connectivity index (χ2n) is 10.3. The largest absolute Gasteiger partial charge is 0.481 e. The highest BCUT2D eigenvalue weighted by atomic mass is 16.6. The maximum atomic E-state index is 13.0. The summed E-state index contributed by atoms with van der Waals surface area (Å²) in [5.41, 5.74) is 4.57. The molecule has 5 rings (SSSR count). The van der Waals surface area contributed by atoms with Crippen LogP contribution in [0.2, 0.25) is 0 Å². The van der Waals surface area contributed by atoms with E-state index in [2.05, 4.69) is 22.4 Å². The van der Waals surface area contributed by atoms with Crippen LogP contribution in [0.4, 0.5) is 22.1 Å². The molecule has 1 fully saturated rings. The molecule has 1 N–H and O–H groups in total. The molecule has 0 spiro atoms. The number of fused-ring (bicyclic) bond motifs is 1. The Morgan fingerprint density at radius 2 is 1.84 bits per heavy atom. The fourth-order valence-corrected chi connectivity index (χ4v) is 5.58. The van der Waals surface area contributed by atoms with Crippen molar-refractivity contribution in [2.75, 3.05) is 55.1 Å². The molecule has 1 saturated heterocycles. The van der Waals surface area contributed by atoms with Gasteiger partial charge in [0.15, 0.2) is 0 Å². The highest BCUT2D eigenvalue weighted by Crippen LogP contribution is 2.40. The number of nitrogens with zero attached hydrogens (tertiary/aromatic N) is 7. The topological polar surface area (TPSA) is 150 Å². The van der Waals surface area contributed by atoms with Gasteiger partial charge in [-0.2, -0.15) is 10.5 Å². The molecule has 4 heterocycles. The van der Waals surface area contributed by atoms with Gasteiger partial charge in [0.1, 0.15) is 0 Å². The molecule has 2 atom stereocenters. The number of hydrogen-bond acceptors (Lipinski definition) is 11. The first kappa shape index (κ1) is 29.5. The number of rotatable bonds is 8. The van der Waals surface area contributed by atoms with Crippen LogP contribution < -0.4 is 19.9 Å². The van der Waals surface area contributed by atoms with E-state index >= 15 is 0 Å². The van der Waals surface area contributed by atoms with Crippen molar-refractivity contribution in [3.63, 3.8) is 0 Å². The predicted molar refractivity (Wildman–Crippen MR) is 159 cm³/mol. The van der Waals surface area contributed by atoms with Crippen molar-refractivity contribution in [2.24, 2.45) is 0 Å². The van der Waals surface area contributed by atoms with E-state index in [0.717, 1.165) is 16.9 Å². The summed E-state index contributed by atoms with van der Waals surface area (Å²) >= 11 is 0. The number of anilines is 3. The van der Waals surface area contributed by atoms with E-state index in [1.807, 2.05) is 13.0 Å². The van der Waals surface area contributed by atoms with Gasteiger partial charge in [0.05, 0.1) is 85.2 Å². The summed E-state index contributed by atoms with van der Waals surface area (Å²) in [5, 5.41) is 22.5. The molecular weight excluding hydrogens is 548 g/mol. The average Bonchev–Trinajstić information content (AvgIpc) is 3.04. The summed E-state index contributed by atoms with van der Waals surface area (Å²) in [6, 6.07) is 12.5. The predicted octanol–water partition coefficient (Wildman–Crippen LogP) is 4.35. The number of carbonyl (C=O) groups is 1. The third-order valence-electron chi connectivity index (χ3n) is 7.61. The Bertz CT molecular complexity index is 1530. The minimum absolute atomic E-state index is 0.135. The van der Waals surface area contributed by atoms with E-state index in [1.54, 1.807) is 49.4 Å². The standard InChI is InChI=1S/C31H34N8O4/c1-4-23-16-25(29-26(6-7-28(37-29)41-3)39(23)31(40)43-5-2)36-30-34-19-27(38-8-10-42-11-9-38)24(35-30)15-20-12-21(17-32)14-22(13-20)18-33/h6-7,12-14,19,23,25H,4-5,8-11,15-16H2,1-3H3,(H,34,35,36)/t23-,25+/m1/s1. The zero-order valence-corrected chi connectivity index (χ0v) is 24.5. The van der Waals surface area contributed by atoms with Gasteiger partial charge in [-0.3, -0.25) is 4.90 Å².